The van der Waals surface area contributed by atoms with E-state index in [1.54, 1.807) is 19.1 Å². The van der Waals surface area contributed by atoms with Gasteiger partial charge in [-0.15, -0.1) is 5.10 Å². The molecule has 1 N–H and O–H groups in total. The van der Waals surface area contributed by atoms with Crippen molar-refractivity contribution in [1.82, 2.24) is 20.1 Å². The number of benzene rings is 1. The third-order valence-electron chi connectivity index (χ3n) is 2.27. The van der Waals surface area contributed by atoms with Crippen molar-refractivity contribution >= 4 is 5.91 Å². The largest absolute Gasteiger partial charge is 0.352 e. The summed E-state index contributed by atoms with van der Waals surface area (Å²) < 4.78 is 14.3. The highest BCUT2D eigenvalue weighted by molar-refractivity contribution is 5.90. The van der Waals surface area contributed by atoms with Gasteiger partial charge >= 0.3 is 0 Å². The van der Waals surface area contributed by atoms with Gasteiger partial charge in [-0.25, -0.2) is 14.1 Å². The van der Waals surface area contributed by atoms with Crippen molar-refractivity contribution < 1.29 is 9.18 Å². The molecule has 0 aliphatic heterocycles. The van der Waals surface area contributed by atoms with Crippen LogP contribution in [0.1, 0.15) is 16.4 Å². The minimum atomic E-state index is -0.353. The van der Waals surface area contributed by atoms with Gasteiger partial charge in [0.1, 0.15) is 11.6 Å². The van der Waals surface area contributed by atoms with Crippen LogP contribution in [0.25, 0.3) is 5.69 Å². The molecule has 88 valence electrons. The monoisotopic (exact) mass is 234 g/mol. The van der Waals surface area contributed by atoms with Crippen LogP contribution >= 0.6 is 0 Å². The number of rotatable bonds is 2. The lowest BCUT2D eigenvalue weighted by Crippen LogP contribution is -2.19. The van der Waals surface area contributed by atoms with E-state index in [2.05, 4.69) is 15.4 Å². The van der Waals surface area contributed by atoms with Gasteiger partial charge in [-0.1, -0.05) is 0 Å². The Balaban J connectivity index is 2.42. The molecule has 0 atom stereocenters. The molecule has 6 heteroatoms. The van der Waals surface area contributed by atoms with Gasteiger partial charge in [-0.3, -0.25) is 4.79 Å². The second-order valence-electron chi connectivity index (χ2n) is 3.45. The van der Waals surface area contributed by atoms with E-state index in [0.29, 0.717) is 11.5 Å². The number of nitrogens with one attached hydrogen (secondary N) is 1. The van der Waals surface area contributed by atoms with E-state index in [0.717, 1.165) is 0 Å². The predicted octanol–water partition coefficient (Wildman–Crippen LogP) is 1.07. The van der Waals surface area contributed by atoms with Gasteiger partial charge in [0.25, 0.3) is 5.91 Å². The van der Waals surface area contributed by atoms with Crippen LogP contribution in [0, 0.1) is 12.7 Å². The summed E-state index contributed by atoms with van der Waals surface area (Å²) in [5.74, 6) is -0.0171. The van der Waals surface area contributed by atoms with E-state index in [1.807, 2.05) is 0 Å². The summed E-state index contributed by atoms with van der Waals surface area (Å²) in [5, 5.41) is 6.50. The molecule has 0 aliphatic rings. The Morgan fingerprint density at radius 1 is 1.35 bits per heavy atom. The van der Waals surface area contributed by atoms with Crippen molar-refractivity contribution in [3.8, 4) is 5.69 Å². The molecule has 0 bridgehead atoms. The summed E-state index contributed by atoms with van der Waals surface area (Å²) in [6, 6.07) is 5.81. The van der Waals surface area contributed by atoms with Crippen molar-refractivity contribution in [2.45, 2.75) is 6.92 Å². The molecule has 0 aliphatic carbocycles. The number of nitrogens with zero attached hydrogens (tertiary/aromatic N) is 3. The second-order valence-corrected chi connectivity index (χ2v) is 3.45. The number of carbonyl (C=O) groups is 1. The Morgan fingerprint density at radius 2 is 2.00 bits per heavy atom. The first kappa shape index (κ1) is 11.3. The Kier molecular flexibility index (Phi) is 2.86. The summed E-state index contributed by atoms with van der Waals surface area (Å²) in [6.07, 6.45) is 0. The number of aromatic nitrogens is 3. The van der Waals surface area contributed by atoms with Crippen molar-refractivity contribution in [2.75, 3.05) is 7.05 Å². The second kappa shape index (κ2) is 4.32. The molecule has 2 rings (SSSR count). The fourth-order valence-corrected chi connectivity index (χ4v) is 1.42. The molecule has 0 unspecified atom stereocenters. The molecule has 1 heterocycles. The van der Waals surface area contributed by atoms with Crippen molar-refractivity contribution in [3.63, 3.8) is 0 Å². The zero-order valence-electron chi connectivity index (χ0n) is 9.44. The Hall–Kier alpha value is -2.24. The Morgan fingerprint density at radius 3 is 2.59 bits per heavy atom. The topological polar surface area (TPSA) is 59.8 Å². The van der Waals surface area contributed by atoms with Gasteiger partial charge in [-0.2, -0.15) is 0 Å². The van der Waals surface area contributed by atoms with Crippen LogP contribution in [0.5, 0.6) is 0 Å². The molecule has 5 nitrogen and oxygen atoms in total. The lowest BCUT2D eigenvalue weighted by Gasteiger charge is -2.01. The van der Waals surface area contributed by atoms with Gasteiger partial charge in [-0.05, 0) is 31.2 Å². The molecule has 1 aromatic carbocycles. The maximum absolute atomic E-state index is 12.8. The number of amides is 1. The average Bonchev–Trinajstić information content (AvgIpc) is 2.71. The van der Waals surface area contributed by atoms with Crippen molar-refractivity contribution in [1.29, 1.82) is 0 Å². The third-order valence-corrected chi connectivity index (χ3v) is 2.27. The first-order chi connectivity index (χ1) is 8.11. The summed E-state index contributed by atoms with van der Waals surface area (Å²) in [4.78, 5) is 15.4. The zero-order valence-corrected chi connectivity index (χ0v) is 9.44. The maximum Gasteiger partial charge on any atom is 0.290 e. The lowest BCUT2D eigenvalue weighted by atomic mass is 10.3. The summed E-state index contributed by atoms with van der Waals surface area (Å²) in [6.45, 7) is 1.72. The van der Waals surface area contributed by atoms with Crippen LogP contribution in [0.3, 0.4) is 0 Å². The molecule has 2 aromatic rings. The Bertz CT molecular complexity index is 547. The maximum atomic E-state index is 12.8. The van der Waals surface area contributed by atoms with Gasteiger partial charge in [0.2, 0.25) is 5.82 Å². The molecular formula is C11H11FN4O. The molecule has 0 fully saturated rings. The molecule has 0 saturated heterocycles. The van der Waals surface area contributed by atoms with Crippen LogP contribution in [0.2, 0.25) is 0 Å². The number of aryl methyl sites for hydroxylation is 1. The summed E-state index contributed by atoms with van der Waals surface area (Å²) >= 11 is 0. The average molecular weight is 234 g/mol. The van der Waals surface area contributed by atoms with Crippen LogP contribution in [-0.2, 0) is 0 Å². The number of carbonyl (C=O) groups excluding carboxylic acids is 1. The lowest BCUT2D eigenvalue weighted by molar-refractivity contribution is 0.0953. The SMILES string of the molecule is CNC(=O)c1nc(C)n(-c2ccc(F)cc2)n1. The molecule has 0 saturated carbocycles. The standard InChI is InChI=1S/C11H11FN4O/c1-7-14-10(11(17)13-2)15-16(7)9-5-3-8(12)4-6-9/h3-6H,1-2H3,(H,13,17). The molecule has 1 aromatic heterocycles. The fraction of sp³-hybridized carbons (Fsp3) is 0.182. The van der Waals surface area contributed by atoms with E-state index in [1.165, 1.54) is 23.9 Å². The quantitative estimate of drug-likeness (QED) is 0.845. The molecule has 0 radical (unpaired) electrons. The van der Waals surface area contributed by atoms with Crippen LogP contribution in [-0.4, -0.2) is 27.7 Å². The number of hydrogen-bond donors (Lipinski definition) is 1. The van der Waals surface area contributed by atoms with E-state index in [-0.39, 0.29) is 17.5 Å². The van der Waals surface area contributed by atoms with Gasteiger partial charge in [0.05, 0.1) is 5.69 Å². The van der Waals surface area contributed by atoms with Crippen LogP contribution < -0.4 is 5.32 Å². The smallest absolute Gasteiger partial charge is 0.290 e. The first-order valence-corrected chi connectivity index (χ1v) is 5.03. The van der Waals surface area contributed by atoms with Crippen LogP contribution in [0.4, 0.5) is 4.39 Å². The van der Waals surface area contributed by atoms with Crippen molar-refractivity contribution in [2.24, 2.45) is 0 Å². The van der Waals surface area contributed by atoms with Crippen molar-refractivity contribution in [3.05, 3.63) is 41.7 Å². The first-order valence-electron chi connectivity index (χ1n) is 5.03. The highest BCUT2D eigenvalue weighted by Gasteiger charge is 2.13. The summed E-state index contributed by atoms with van der Waals surface area (Å²) in [7, 11) is 1.51. The minimum absolute atomic E-state index is 0.0920. The van der Waals surface area contributed by atoms with E-state index < -0.39 is 0 Å². The molecule has 1 amide bonds. The normalized spacial score (nSPS) is 10.3. The van der Waals surface area contributed by atoms with E-state index >= 15 is 0 Å². The zero-order chi connectivity index (χ0) is 12.4. The fourth-order valence-electron chi connectivity index (χ4n) is 1.42. The highest BCUT2D eigenvalue weighted by Crippen LogP contribution is 2.10. The highest BCUT2D eigenvalue weighted by atomic mass is 19.1. The molecule has 0 spiro atoms. The van der Waals surface area contributed by atoms with E-state index in [9.17, 15) is 9.18 Å². The number of halogens is 1. The third kappa shape index (κ3) is 2.15. The van der Waals surface area contributed by atoms with Gasteiger partial charge < -0.3 is 5.32 Å². The minimum Gasteiger partial charge on any atom is -0.352 e. The van der Waals surface area contributed by atoms with Crippen LogP contribution in [0.15, 0.2) is 24.3 Å². The molecule has 17 heavy (non-hydrogen) atoms. The predicted molar refractivity (Wildman–Crippen MR) is 59.4 cm³/mol. The molecular weight excluding hydrogens is 223 g/mol. The summed E-state index contributed by atoms with van der Waals surface area (Å²) in [5.41, 5.74) is 0.659. The Labute approximate surface area is 97.3 Å². The number of hydrogen-bond acceptors (Lipinski definition) is 3. The van der Waals surface area contributed by atoms with E-state index in [4.69, 9.17) is 0 Å². The van der Waals surface area contributed by atoms with Gasteiger partial charge in [0.15, 0.2) is 0 Å². The van der Waals surface area contributed by atoms with Gasteiger partial charge in [0, 0.05) is 7.05 Å².